The summed E-state index contributed by atoms with van der Waals surface area (Å²) in [7, 11) is 0. The molecule has 2 amide bonds. The molecule has 1 saturated heterocycles. The Kier molecular flexibility index (Phi) is 5.35. The zero-order valence-corrected chi connectivity index (χ0v) is 17.4. The molecular formula is C24H22N6O2. The van der Waals surface area contributed by atoms with E-state index in [1.807, 2.05) is 30.3 Å². The van der Waals surface area contributed by atoms with Crippen LogP contribution < -0.4 is 16.0 Å². The number of aromatic nitrogens is 3. The van der Waals surface area contributed by atoms with Gasteiger partial charge in [-0.05, 0) is 48.5 Å². The number of rotatable bonds is 4. The summed E-state index contributed by atoms with van der Waals surface area (Å²) < 4.78 is 5.53. The predicted octanol–water partition coefficient (Wildman–Crippen LogP) is 3.69. The summed E-state index contributed by atoms with van der Waals surface area (Å²) in [6.07, 6.45) is 1.78. The van der Waals surface area contributed by atoms with Crippen molar-refractivity contribution in [2.24, 2.45) is 5.73 Å². The fourth-order valence-electron chi connectivity index (χ4n) is 3.80. The molecule has 2 aromatic heterocycles. The van der Waals surface area contributed by atoms with E-state index in [0.717, 1.165) is 46.6 Å². The summed E-state index contributed by atoms with van der Waals surface area (Å²) in [5.41, 5.74) is 9.41. The molecule has 0 spiro atoms. The third kappa shape index (κ3) is 4.08. The van der Waals surface area contributed by atoms with Crippen LogP contribution in [0.1, 0.15) is 0 Å². The zero-order valence-electron chi connectivity index (χ0n) is 17.4. The average Bonchev–Trinajstić information content (AvgIpc) is 2.84. The highest BCUT2D eigenvalue weighted by molar-refractivity contribution is 5.94. The van der Waals surface area contributed by atoms with E-state index in [9.17, 15) is 4.79 Å². The predicted molar refractivity (Wildman–Crippen MR) is 124 cm³/mol. The molecule has 4 aromatic rings. The van der Waals surface area contributed by atoms with Crippen molar-refractivity contribution in [1.82, 2.24) is 15.0 Å². The Morgan fingerprint density at radius 2 is 1.75 bits per heavy atom. The van der Waals surface area contributed by atoms with Crippen molar-refractivity contribution >= 4 is 28.4 Å². The molecule has 0 aliphatic carbocycles. The van der Waals surface area contributed by atoms with Crippen LogP contribution in [0, 0.1) is 0 Å². The number of primary amides is 1. The number of anilines is 2. The molecule has 8 heteroatoms. The van der Waals surface area contributed by atoms with Gasteiger partial charge in [0.05, 0.1) is 24.4 Å². The molecule has 2 aromatic carbocycles. The van der Waals surface area contributed by atoms with Gasteiger partial charge in [0.1, 0.15) is 5.82 Å². The zero-order chi connectivity index (χ0) is 21.9. The van der Waals surface area contributed by atoms with Gasteiger partial charge in [-0.3, -0.25) is 4.98 Å². The van der Waals surface area contributed by atoms with Crippen LogP contribution in [-0.2, 0) is 4.74 Å². The minimum atomic E-state index is -0.601. The highest BCUT2D eigenvalue weighted by atomic mass is 16.5. The van der Waals surface area contributed by atoms with Crippen LogP contribution in [0.15, 0.2) is 66.9 Å². The summed E-state index contributed by atoms with van der Waals surface area (Å²) in [4.78, 5) is 27.6. The third-order valence-corrected chi connectivity index (χ3v) is 5.36. The molecule has 0 radical (unpaired) electrons. The maximum Gasteiger partial charge on any atom is 0.316 e. The number of hydrogen-bond acceptors (Lipinski definition) is 6. The SMILES string of the molecule is NC(=O)Nc1ccc(-c2nc(N3CCOCC3)c3ccc(-c4ccccn4)cc3n2)cc1. The van der Waals surface area contributed by atoms with Gasteiger partial charge < -0.3 is 20.7 Å². The van der Waals surface area contributed by atoms with Crippen LogP contribution in [0.5, 0.6) is 0 Å². The van der Waals surface area contributed by atoms with Crippen LogP contribution in [0.25, 0.3) is 33.5 Å². The molecule has 3 N–H and O–H groups in total. The highest BCUT2D eigenvalue weighted by Crippen LogP contribution is 2.31. The molecule has 5 rings (SSSR count). The maximum atomic E-state index is 11.1. The van der Waals surface area contributed by atoms with E-state index >= 15 is 0 Å². The number of carbonyl (C=O) groups is 1. The van der Waals surface area contributed by atoms with Crippen molar-refractivity contribution in [3.63, 3.8) is 0 Å². The molecule has 160 valence electrons. The topological polar surface area (TPSA) is 106 Å². The summed E-state index contributed by atoms with van der Waals surface area (Å²) in [6.45, 7) is 2.88. The van der Waals surface area contributed by atoms with E-state index in [-0.39, 0.29) is 0 Å². The number of carbonyl (C=O) groups excluding carboxylic acids is 1. The number of ether oxygens (including phenoxy) is 1. The lowest BCUT2D eigenvalue weighted by atomic mass is 10.1. The molecular weight excluding hydrogens is 404 g/mol. The standard InChI is InChI=1S/C24H22N6O2/c25-24(31)27-18-7-4-16(5-8-18)22-28-21-15-17(20-3-1-2-10-26-20)6-9-19(21)23(29-22)30-11-13-32-14-12-30/h1-10,15H,11-14H2,(H3,25,27,31). The van der Waals surface area contributed by atoms with Crippen molar-refractivity contribution in [2.75, 3.05) is 36.5 Å². The summed E-state index contributed by atoms with van der Waals surface area (Å²) in [5.74, 6) is 1.50. The lowest BCUT2D eigenvalue weighted by Crippen LogP contribution is -2.37. The van der Waals surface area contributed by atoms with E-state index in [2.05, 4.69) is 33.4 Å². The van der Waals surface area contributed by atoms with Crippen molar-refractivity contribution in [3.8, 4) is 22.6 Å². The summed E-state index contributed by atoms with van der Waals surface area (Å²) in [5, 5.41) is 3.56. The first-order valence-electron chi connectivity index (χ1n) is 10.4. The first-order valence-corrected chi connectivity index (χ1v) is 10.4. The average molecular weight is 426 g/mol. The number of hydrogen-bond donors (Lipinski definition) is 2. The van der Waals surface area contributed by atoms with Gasteiger partial charge in [-0.25, -0.2) is 14.8 Å². The second kappa shape index (κ2) is 8.60. The van der Waals surface area contributed by atoms with Crippen molar-refractivity contribution in [3.05, 3.63) is 66.9 Å². The van der Waals surface area contributed by atoms with E-state index in [4.69, 9.17) is 20.4 Å². The van der Waals surface area contributed by atoms with Crippen LogP contribution in [0.2, 0.25) is 0 Å². The molecule has 8 nitrogen and oxygen atoms in total. The number of benzene rings is 2. The molecule has 1 aliphatic heterocycles. The minimum absolute atomic E-state index is 0.601. The number of amides is 2. The van der Waals surface area contributed by atoms with E-state index < -0.39 is 6.03 Å². The number of fused-ring (bicyclic) bond motifs is 1. The fraction of sp³-hybridized carbons (Fsp3) is 0.167. The van der Waals surface area contributed by atoms with Crippen LogP contribution in [0.3, 0.4) is 0 Å². The maximum absolute atomic E-state index is 11.1. The summed E-state index contributed by atoms with van der Waals surface area (Å²) >= 11 is 0. The molecule has 0 bridgehead atoms. The Morgan fingerprint density at radius 1 is 0.969 bits per heavy atom. The van der Waals surface area contributed by atoms with E-state index in [1.54, 1.807) is 18.3 Å². The number of nitrogens with zero attached hydrogens (tertiary/aromatic N) is 4. The Balaban J connectivity index is 1.62. The van der Waals surface area contributed by atoms with Crippen LogP contribution in [-0.4, -0.2) is 47.3 Å². The quantitative estimate of drug-likeness (QED) is 0.516. The Morgan fingerprint density at radius 3 is 2.47 bits per heavy atom. The van der Waals surface area contributed by atoms with Gasteiger partial charge in [0, 0.05) is 41.5 Å². The van der Waals surface area contributed by atoms with Gasteiger partial charge in [-0.15, -0.1) is 0 Å². The monoisotopic (exact) mass is 426 g/mol. The Hall–Kier alpha value is -4.04. The van der Waals surface area contributed by atoms with Crippen LogP contribution >= 0.6 is 0 Å². The Bertz CT molecular complexity index is 1250. The van der Waals surface area contributed by atoms with Crippen LogP contribution in [0.4, 0.5) is 16.3 Å². The molecule has 0 atom stereocenters. The van der Waals surface area contributed by atoms with Gasteiger partial charge in [0.2, 0.25) is 0 Å². The van der Waals surface area contributed by atoms with Gasteiger partial charge in [-0.1, -0.05) is 12.1 Å². The molecule has 1 aliphatic rings. The smallest absolute Gasteiger partial charge is 0.316 e. The molecule has 0 saturated carbocycles. The number of urea groups is 1. The minimum Gasteiger partial charge on any atom is -0.378 e. The Labute approximate surface area is 185 Å². The second-order valence-corrected chi connectivity index (χ2v) is 7.48. The molecule has 3 heterocycles. The van der Waals surface area contributed by atoms with Crippen molar-refractivity contribution in [1.29, 1.82) is 0 Å². The van der Waals surface area contributed by atoms with Crippen molar-refractivity contribution < 1.29 is 9.53 Å². The van der Waals surface area contributed by atoms with E-state index in [1.165, 1.54) is 0 Å². The van der Waals surface area contributed by atoms with Gasteiger partial charge in [0.15, 0.2) is 5.82 Å². The number of pyridine rings is 1. The first-order chi connectivity index (χ1) is 15.7. The molecule has 1 fully saturated rings. The fourth-order valence-corrected chi connectivity index (χ4v) is 3.80. The number of nitrogens with two attached hydrogens (primary N) is 1. The molecule has 0 unspecified atom stereocenters. The van der Waals surface area contributed by atoms with Crippen molar-refractivity contribution in [2.45, 2.75) is 0 Å². The van der Waals surface area contributed by atoms with Gasteiger partial charge >= 0.3 is 6.03 Å². The van der Waals surface area contributed by atoms with Gasteiger partial charge in [-0.2, -0.15) is 0 Å². The number of morpholine rings is 1. The summed E-state index contributed by atoms with van der Waals surface area (Å²) in [6, 6.07) is 18.7. The highest BCUT2D eigenvalue weighted by Gasteiger charge is 2.18. The lowest BCUT2D eigenvalue weighted by molar-refractivity contribution is 0.122. The van der Waals surface area contributed by atoms with E-state index in [0.29, 0.717) is 24.7 Å². The van der Waals surface area contributed by atoms with Gasteiger partial charge in [0.25, 0.3) is 0 Å². The first kappa shape index (κ1) is 19.9. The lowest BCUT2D eigenvalue weighted by Gasteiger charge is -2.29. The largest absolute Gasteiger partial charge is 0.378 e. The number of nitrogens with one attached hydrogen (secondary N) is 1. The molecule has 32 heavy (non-hydrogen) atoms. The normalized spacial score (nSPS) is 13.8. The third-order valence-electron chi connectivity index (χ3n) is 5.36. The second-order valence-electron chi connectivity index (χ2n) is 7.48.